The molecule has 0 radical (unpaired) electrons. The number of carbonyl (C=O) groups excluding carboxylic acids is 3. The number of carboxylic acid groups (broad SMARTS) is 3. The molecule has 0 aliphatic carbocycles. The van der Waals surface area contributed by atoms with Crippen LogP contribution in [0.15, 0.2) is 0 Å². The SMILES string of the molecule is CC(C)(C)C(=O)[O-].CC(C)(C)C(=O)[O-].CC(C)(C)C(=O)[O-].[Zr+2]. The standard InChI is InChI=1S/3C5H10O2.Zr/c3*1-5(2,3)4(6)7;/h3*1-3H3,(H,6,7);/q;;;+2/p-3. The monoisotopic (exact) mass is 393 g/mol. The summed E-state index contributed by atoms with van der Waals surface area (Å²) in [7, 11) is 0. The van der Waals surface area contributed by atoms with Gasteiger partial charge in [0.25, 0.3) is 0 Å². The van der Waals surface area contributed by atoms with E-state index in [-0.39, 0.29) is 26.2 Å². The van der Waals surface area contributed by atoms with Crippen molar-refractivity contribution in [1.29, 1.82) is 0 Å². The quantitative estimate of drug-likeness (QED) is 0.538. The van der Waals surface area contributed by atoms with Crippen LogP contribution in [-0.2, 0) is 40.6 Å². The fraction of sp³-hybridized carbons (Fsp3) is 0.800. The zero-order valence-electron chi connectivity index (χ0n) is 14.9. The summed E-state index contributed by atoms with van der Waals surface area (Å²) >= 11 is 0. The van der Waals surface area contributed by atoms with Crippen LogP contribution in [0.4, 0.5) is 0 Å². The molecular formula is C15H27O6Zr-. The van der Waals surface area contributed by atoms with Crippen molar-refractivity contribution in [3.8, 4) is 0 Å². The van der Waals surface area contributed by atoms with Crippen molar-refractivity contribution in [2.24, 2.45) is 16.2 Å². The van der Waals surface area contributed by atoms with Crippen LogP contribution in [0.1, 0.15) is 62.3 Å². The molecule has 0 aromatic carbocycles. The van der Waals surface area contributed by atoms with Gasteiger partial charge in [-0.15, -0.1) is 0 Å². The number of hydrogen-bond acceptors (Lipinski definition) is 6. The molecule has 0 unspecified atom stereocenters. The first-order valence-corrected chi connectivity index (χ1v) is 6.47. The van der Waals surface area contributed by atoms with E-state index < -0.39 is 34.2 Å². The van der Waals surface area contributed by atoms with Crippen molar-refractivity contribution >= 4 is 17.9 Å². The van der Waals surface area contributed by atoms with Crippen molar-refractivity contribution < 1.29 is 55.9 Å². The third-order valence-electron chi connectivity index (χ3n) is 1.84. The van der Waals surface area contributed by atoms with Gasteiger partial charge in [-0.25, -0.2) is 0 Å². The minimum Gasteiger partial charge on any atom is -0.550 e. The third-order valence-corrected chi connectivity index (χ3v) is 1.84. The van der Waals surface area contributed by atoms with Crippen molar-refractivity contribution in [3.05, 3.63) is 0 Å². The Hall–Kier alpha value is -0.707. The minimum atomic E-state index is -1.01. The number of rotatable bonds is 0. The normalized spacial score (nSPS) is 10.8. The molecule has 22 heavy (non-hydrogen) atoms. The van der Waals surface area contributed by atoms with Gasteiger partial charge in [-0.2, -0.15) is 0 Å². The van der Waals surface area contributed by atoms with Gasteiger partial charge >= 0.3 is 26.2 Å². The van der Waals surface area contributed by atoms with Gasteiger partial charge in [-0.3, -0.25) is 0 Å². The van der Waals surface area contributed by atoms with Gasteiger partial charge in [-0.1, -0.05) is 62.3 Å². The summed E-state index contributed by atoms with van der Waals surface area (Å²) in [4.78, 5) is 29.7. The smallest absolute Gasteiger partial charge is 0.550 e. The van der Waals surface area contributed by atoms with Gasteiger partial charge in [0.15, 0.2) is 0 Å². The summed E-state index contributed by atoms with van der Waals surface area (Å²) in [6.07, 6.45) is 0. The zero-order chi connectivity index (χ0) is 18.2. The molecule has 6 nitrogen and oxygen atoms in total. The van der Waals surface area contributed by atoms with E-state index in [2.05, 4.69) is 0 Å². The Balaban J connectivity index is -0.000000108. The third kappa shape index (κ3) is 21.6. The molecule has 0 amide bonds. The van der Waals surface area contributed by atoms with Crippen LogP contribution in [-0.4, -0.2) is 17.9 Å². The molecule has 0 spiro atoms. The van der Waals surface area contributed by atoms with E-state index in [4.69, 9.17) is 0 Å². The Bertz CT molecular complexity index is 299. The molecule has 128 valence electrons. The maximum absolute atomic E-state index is 9.91. The molecule has 0 saturated heterocycles. The van der Waals surface area contributed by atoms with Gasteiger partial charge in [0.05, 0.1) is 0 Å². The summed E-state index contributed by atoms with van der Waals surface area (Å²) in [6.45, 7) is 14.4. The molecule has 7 heteroatoms. The second-order valence-corrected chi connectivity index (χ2v) is 7.61. The van der Waals surface area contributed by atoms with Crippen LogP contribution in [0.2, 0.25) is 0 Å². The molecule has 0 aromatic rings. The second kappa shape index (κ2) is 10.9. The minimum absolute atomic E-state index is 0. The number of hydrogen-bond donors (Lipinski definition) is 0. The van der Waals surface area contributed by atoms with Gasteiger partial charge < -0.3 is 29.7 Å². The predicted octanol–water partition coefficient (Wildman–Crippen LogP) is -0.655. The van der Waals surface area contributed by atoms with Crippen LogP contribution in [0.3, 0.4) is 0 Å². The molecule has 0 saturated carbocycles. The topological polar surface area (TPSA) is 120 Å². The van der Waals surface area contributed by atoms with E-state index in [1.165, 1.54) is 0 Å². The van der Waals surface area contributed by atoms with E-state index in [1.807, 2.05) is 0 Å². The average Bonchev–Trinajstić information content (AvgIpc) is 2.14. The Kier molecular flexibility index (Phi) is 14.6. The van der Waals surface area contributed by atoms with Gasteiger partial charge in [0, 0.05) is 34.2 Å². The van der Waals surface area contributed by atoms with Crippen molar-refractivity contribution in [1.82, 2.24) is 0 Å². The molecule has 0 atom stereocenters. The number of carbonyl (C=O) groups is 3. The summed E-state index contributed by atoms with van der Waals surface area (Å²) in [5, 5.41) is 29.7. The maximum atomic E-state index is 9.91. The first-order valence-electron chi connectivity index (χ1n) is 6.47. The van der Waals surface area contributed by atoms with Gasteiger partial charge in [-0.05, 0) is 0 Å². The Labute approximate surface area is 152 Å². The van der Waals surface area contributed by atoms with Crippen molar-refractivity contribution in [2.45, 2.75) is 62.3 Å². The van der Waals surface area contributed by atoms with Crippen LogP contribution < -0.4 is 15.3 Å². The molecule has 0 heterocycles. The summed E-state index contributed by atoms with van der Waals surface area (Å²) < 4.78 is 0. The van der Waals surface area contributed by atoms with Crippen LogP contribution in [0.5, 0.6) is 0 Å². The predicted molar refractivity (Wildman–Crippen MR) is 73.4 cm³/mol. The molecule has 0 aliphatic rings. The van der Waals surface area contributed by atoms with E-state index in [9.17, 15) is 29.7 Å². The Morgan fingerprint density at radius 3 is 0.545 bits per heavy atom. The fourth-order valence-corrected chi connectivity index (χ4v) is 0. The largest absolute Gasteiger partial charge is 2.00 e. The number of carboxylic acids is 3. The fourth-order valence-electron chi connectivity index (χ4n) is 0. The number of aliphatic carboxylic acids is 3. The van der Waals surface area contributed by atoms with E-state index in [0.717, 1.165) is 0 Å². The van der Waals surface area contributed by atoms with Gasteiger partial charge in [0.1, 0.15) is 0 Å². The van der Waals surface area contributed by atoms with E-state index >= 15 is 0 Å². The first-order chi connectivity index (χ1) is 8.83. The van der Waals surface area contributed by atoms with Crippen molar-refractivity contribution in [3.63, 3.8) is 0 Å². The molecular weight excluding hydrogens is 367 g/mol. The van der Waals surface area contributed by atoms with E-state index in [0.29, 0.717) is 0 Å². The molecule has 0 aliphatic heterocycles. The Morgan fingerprint density at radius 1 is 0.500 bits per heavy atom. The summed E-state index contributed by atoms with van der Waals surface area (Å²) in [6, 6.07) is 0. The molecule has 0 aromatic heterocycles. The summed E-state index contributed by atoms with van der Waals surface area (Å²) in [5.41, 5.74) is -2.08. The zero-order valence-corrected chi connectivity index (χ0v) is 17.4. The second-order valence-electron chi connectivity index (χ2n) is 7.61. The van der Waals surface area contributed by atoms with E-state index in [1.54, 1.807) is 62.3 Å². The van der Waals surface area contributed by atoms with Crippen molar-refractivity contribution in [2.75, 3.05) is 0 Å². The summed E-state index contributed by atoms with van der Waals surface area (Å²) in [5.74, 6) is -3.02. The molecule has 0 fully saturated rings. The molecule has 0 bridgehead atoms. The van der Waals surface area contributed by atoms with Crippen LogP contribution >= 0.6 is 0 Å². The maximum Gasteiger partial charge on any atom is 2.00 e. The van der Waals surface area contributed by atoms with Gasteiger partial charge in [0.2, 0.25) is 0 Å². The average molecular weight is 395 g/mol. The Morgan fingerprint density at radius 2 is 0.545 bits per heavy atom. The first kappa shape index (κ1) is 29.3. The van der Waals surface area contributed by atoms with Crippen LogP contribution in [0, 0.1) is 16.2 Å². The molecule has 0 N–H and O–H groups in total. The van der Waals surface area contributed by atoms with Crippen LogP contribution in [0.25, 0.3) is 0 Å². The molecule has 0 rings (SSSR count).